The Morgan fingerprint density at radius 2 is 2.00 bits per heavy atom. The summed E-state index contributed by atoms with van der Waals surface area (Å²) < 4.78 is 23.7. The van der Waals surface area contributed by atoms with Gasteiger partial charge in [-0.2, -0.15) is 0 Å². The molecule has 2 heterocycles. The Morgan fingerprint density at radius 3 is 2.40 bits per heavy atom. The normalized spacial score (nSPS) is 24.1. The van der Waals surface area contributed by atoms with E-state index in [1.54, 1.807) is 46.0 Å². The molecule has 0 spiro atoms. The summed E-state index contributed by atoms with van der Waals surface area (Å²) >= 11 is 0. The quantitative estimate of drug-likeness (QED) is 0.898. The second kappa shape index (κ2) is 4.70. The van der Waals surface area contributed by atoms with Crippen LogP contribution in [0, 0.1) is 0 Å². The van der Waals surface area contributed by atoms with Crippen LogP contribution in [0.5, 0.6) is 0 Å². The highest BCUT2D eigenvalue weighted by Crippen LogP contribution is 2.28. The van der Waals surface area contributed by atoms with E-state index >= 15 is 0 Å². The summed E-state index contributed by atoms with van der Waals surface area (Å²) in [6, 6.07) is 3.30. The highest BCUT2D eigenvalue weighted by molar-refractivity contribution is 7.92. The third kappa shape index (κ3) is 2.81. The molecule has 0 saturated carbocycles. The number of β-amino-alcohol motifs (C(OH)–C–C–N with tert-alkyl or cyclic N) is 1. The van der Waals surface area contributed by atoms with Gasteiger partial charge in [0.1, 0.15) is 0 Å². The molecule has 0 aromatic carbocycles. The minimum absolute atomic E-state index is 0.0970. The summed E-state index contributed by atoms with van der Waals surface area (Å²) in [5.41, 5.74) is 0.159. The van der Waals surface area contributed by atoms with Crippen LogP contribution in [0.1, 0.15) is 34.1 Å². The monoisotopic (exact) mass is 298 g/mol. The first kappa shape index (κ1) is 15.3. The minimum atomic E-state index is -3.42. The number of aliphatic hydroxyl groups is 1. The van der Waals surface area contributed by atoms with E-state index in [0.29, 0.717) is 13.0 Å². The second-order valence-corrected chi connectivity index (χ2v) is 9.29. The number of rotatable bonds is 2. The van der Waals surface area contributed by atoms with E-state index in [4.69, 9.17) is 0 Å². The molecular formula is C14H22N2O3S. The molecule has 0 aliphatic carbocycles. The highest BCUT2D eigenvalue weighted by atomic mass is 32.2. The second-order valence-electron chi connectivity index (χ2n) is 6.64. The zero-order valence-electron chi connectivity index (χ0n) is 12.4. The summed E-state index contributed by atoms with van der Waals surface area (Å²) in [5.74, 6) is 0. The number of pyridine rings is 1. The number of sulfone groups is 1. The number of hydrogen-bond acceptors (Lipinski definition) is 5. The largest absolute Gasteiger partial charge is 0.388 e. The van der Waals surface area contributed by atoms with E-state index in [-0.39, 0.29) is 5.03 Å². The van der Waals surface area contributed by atoms with Crippen LogP contribution in [0.2, 0.25) is 0 Å². The predicted molar refractivity (Wildman–Crippen MR) is 78.6 cm³/mol. The van der Waals surface area contributed by atoms with E-state index in [1.165, 1.54) is 0 Å². The summed E-state index contributed by atoms with van der Waals surface area (Å²) in [4.78, 5) is 6.11. The first-order valence-electron chi connectivity index (χ1n) is 6.71. The van der Waals surface area contributed by atoms with Crippen molar-refractivity contribution in [3.05, 3.63) is 18.3 Å². The zero-order chi connectivity index (χ0) is 15.2. The van der Waals surface area contributed by atoms with Crippen molar-refractivity contribution in [3.8, 4) is 0 Å². The fraction of sp³-hybridized carbons (Fsp3) is 0.643. The van der Waals surface area contributed by atoms with Gasteiger partial charge in [-0.15, -0.1) is 0 Å². The van der Waals surface area contributed by atoms with Crippen LogP contribution in [0.3, 0.4) is 0 Å². The lowest BCUT2D eigenvalue weighted by atomic mass is 10.1. The van der Waals surface area contributed by atoms with Crippen LogP contribution in [-0.2, 0) is 9.84 Å². The Hall–Kier alpha value is -1.14. The van der Waals surface area contributed by atoms with Gasteiger partial charge < -0.3 is 10.0 Å². The van der Waals surface area contributed by atoms with Gasteiger partial charge in [0.05, 0.1) is 22.2 Å². The first-order valence-corrected chi connectivity index (χ1v) is 8.19. The first-order chi connectivity index (χ1) is 9.03. The van der Waals surface area contributed by atoms with Crippen molar-refractivity contribution < 1.29 is 13.5 Å². The summed E-state index contributed by atoms with van der Waals surface area (Å²) in [6.45, 7) is 8.08. The van der Waals surface area contributed by atoms with Gasteiger partial charge in [0, 0.05) is 13.1 Å². The van der Waals surface area contributed by atoms with E-state index in [0.717, 1.165) is 12.2 Å². The molecular weight excluding hydrogens is 276 g/mol. The molecule has 112 valence electrons. The van der Waals surface area contributed by atoms with Crippen molar-refractivity contribution >= 4 is 15.5 Å². The molecule has 5 nitrogen and oxygen atoms in total. The molecule has 1 fully saturated rings. The Balaban J connectivity index is 2.24. The van der Waals surface area contributed by atoms with E-state index in [1.807, 2.05) is 4.90 Å². The lowest BCUT2D eigenvalue weighted by Gasteiger charge is -2.22. The number of anilines is 1. The molecule has 2 rings (SSSR count). The molecule has 20 heavy (non-hydrogen) atoms. The van der Waals surface area contributed by atoms with Crippen molar-refractivity contribution in [2.75, 3.05) is 18.0 Å². The Bertz CT molecular complexity index is 586. The maximum atomic E-state index is 12.3. The molecule has 1 unspecified atom stereocenters. The molecule has 1 aliphatic heterocycles. The van der Waals surface area contributed by atoms with Crippen LogP contribution in [-0.4, -0.2) is 41.9 Å². The Morgan fingerprint density at radius 1 is 1.35 bits per heavy atom. The molecule has 1 N–H and O–H groups in total. The van der Waals surface area contributed by atoms with Crippen LogP contribution in [0.15, 0.2) is 23.4 Å². The number of hydrogen-bond donors (Lipinski definition) is 1. The standard InChI is InChI=1S/C14H22N2O3S/c1-13(2,3)20(18,19)12-6-5-11(9-15-12)16-8-7-14(4,17)10-16/h5-6,9,17H,7-8,10H2,1-4H3. The molecule has 1 aromatic rings. The fourth-order valence-electron chi connectivity index (χ4n) is 2.20. The fourth-order valence-corrected chi connectivity index (χ4v) is 3.26. The average Bonchev–Trinajstić information content (AvgIpc) is 2.68. The third-order valence-electron chi connectivity index (χ3n) is 3.62. The molecule has 1 saturated heterocycles. The lowest BCUT2D eigenvalue weighted by molar-refractivity contribution is 0.0839. The number of aromatic nitrogens is 1. The molecule has 0 amide bonds. The van der Waals surface area contributed by atoms with Gasteiger partial charge in [-0.25, -0.2) is 13.4 Å². The van der Waals surface area contributed by atoms with Gasteiger partial charge >= 0.3 is 0 Å². The molecule has 0 radical (unpaired) electrons. The van der Waals surface area contributed by atoms with Crippen molar-refractivity contribution in [3.63, 3.8) is 0 Å². The minimum Gasteiger partial charge on any atom is -0.388 e. The van der Waals surface area contributed by atoms with Crippen LogP contribution >= 0.6 is 0 Å². The van der Waals surface area contributed by atoms with Crippen molar-refractivity contribution in [1.29, 1.82) is 0 Å². The van der Waals surface area contributed by atoms with Crippen LogP contribution in [0.4, 0.5) is 5.69 Å². The number of nitrogens with zero attached hydrogens (tertiary/aromatic N) is 2. The molecule has 1 atom stereocenters. The SMILES string of the molecule is CC1(O)CCN(c2ccc(S(=O)(=O)C(C)(C)C)nc2)C1. The molecule has 0 bridgehead atoms. The van der Waals surface area contributed by atoms with Gasteiger partial charge in [0.25, 0.3) is 0 Å². The molecule has 6 heteroatoms. The maximum Gasteiger partial charge on any atom is 0.200 e. The predicted octanol–water partition coefficient (Wildman–Crippen LogP) is 1.61. The van der Waals surface area contributed by atoms with Crippen molar-refractivity contribution in [2.24, 2.45) is 0 Å². The van der Waals surface area contributed by atoms with Gasteiger partial charge in [-0.3, -0.25) is 0 Å². The van der Waals surface area contributed by atoms with Crippen LogP contribution < -0.4 is 4.90 Å². The van der Waals surface area contributed by atoms with Gasteiger partial charge in [-0.05, 0) is 46.2 Å². The Kier molecular flexibility index (Phi) is 3.59. The third-order valence-corrected chi connectivity index (χ3v) is 6.02. The summed E-state index contributed by atoms with van der Waals surface area (Å²) in [5, 5.41) is 10.1. The highest BCUT2D eigenvalue weighted by Gasteiger charge is 2.33. The van der Waals surface area contributed by atoms with Crippen LogP contribution in [0.25, 0.3) is 0 Å². The molecule has 1 aromatic heterocycles. The zero-order valence-corrected chi connectivity index (χ0v) is 13.2. The van der Waals surface area contributed by atoms with Gasteiger partial charge in [0.2, 0.25) is 0 Å². The van der Waals surface area contributed by atoms with E-state index in [9.17, 15) is 13.5 Å². The van der Waals surface area contributed by atoms with Gasteiger partial charge in [0.15, 0.2) is 14.9 Å². The topological polar surface area (TPSA) is 70.5 Å². The van der Waals surface area contributed by atoms with E-state index < -0.39 is 20.2 Å². The maximum absolute atomic E-state index is 12.3. The van der Waals surface area contributed by atoms with Gasteiger partial charge in [-0.1, -0.05) is 0 Å². The molecule has 1 aliphatic rings. The Labute approximate surface area is 120 Å². The summed E-state index contributed by atoms with van der Waals surface area (Å²) in [6.07, 6.45) is 2.27. The lowest BCUT2D eigenvalue weighted by Crippen LogP contribution is -2.30. The van der Waals surface area contributed by atoms with Crippen molar-refractivity contribution in [1.82, 2.24) is 4.98 Å². The van der Waals surface area contributed by atoms with E-state index in [2.05, 4.69) is 4.98 Å². The summed E-state index contributed by atoms with van der Waals surface area (Å²) in [7, 11) is -3.42. The smallest absolute Gasteiger partial charge is 0.200 e. The van der Waals surface area contributed by atoms with Crippen molar-refractivity contribution in [2.45, 2.75) is 49.5 Å². The average molecular weight is 298 g/mol.